The zero-order chi connectivity index (χ0) is 13.7. The molecule has 7 heteroatoms. The first-order valence-corrected chi connectivity index (χ1v) is 4.67. The molecule has 0 aliphatic carbocycles. The van der Waals surface area contributed by atoms with Crippen LogP contribution in [0.3, 0.4) is 0 Å². The largest absolute Gasteiger partial charge is 0.496 e. The summed E-state index contributed by atoms with van der Waals surface area (Å²) in [5, 5.41) is 28.1. The van der Waals surface area contributed by atoms with Crippen LogP contribution in [-0.4, -0.2) is 23.1 Å². The van der Waals surface area contributed by atoms with Crippen LogP contribution >= 0.6 is 0 Å². The molecule has 1 rings (SSSR count). The number of hydrogen-bond donors (Lipinski definition) is 1. The number of nitro benzene ring substituents is 1. The predicted molar refractivity (Wildman–Crippen MR) is 61.0 cm³/mol. The summed E-state index contributed by atoms with van der Waals surface area (Å²) >= 11 is 0. The molecule has 1 aromatic carbocycles. The molecule has 0 amide bonds. The molecule has 0 unspecified atom stereocenters. The van der Waals surface area contributed by atoms with Gasteiger partial charge in [0.25, 0.3) is 5.69 Å². The van der Waals surface area contributed by atoms with E-state index in [1.807, 2.05) is 0 Å². The van der Waals surface area contributed by atoms with Gasteiger partial charge in [0.1, 0.15) is 5.75 Å². The molecule has 1 aromatic rings. The van der Waals surface area contributed by atoms with Crippen LogP contribution in [-0.2, 0) is 4.79 Å². The number of carbonyl (C=O) groups is 1. The molecule has 1 N–H and O–H groups in total. The second kappa shape index (κ2) is 5.45. The van der Waals surface area contributed by atoms with Crippen molar-refractivity contribution in [1.82, 2.24) is 0 Å². The third-order valence-electron chi connectivity index (χ3n) is 2.06. The van der Waals surface area contributed by atoms with E-state index in [2.05, 4.69) is 0 Å². The van der Waals surface area contributed by atoms with E-state index in [-0.39, 0.29) is 22.6 Å². The molecule has 0 saturated heterocycles. The van der Waals surface area contributed by atoms with Gasteiger partial charge in [0.2, 0.25) is 0 Å². The van der Waals surface area contributed by atoms with E-state index in [1.54, 1.807) is 6.07 Å². The molecule has 0 aromatic heterocycles. The van der Waals surface area contributed by atoms with Gasteiger partial charge >= 0.3 is 5.97 Å². The number of carboxylic acid groups (broad SMARTS) is 1. The summed E-state index contributed by atoms with van der Waals surface area (Å²) in [6, 6.07) is 4.12. The molecule has 0 spiro atoms. The summed E-state index contributed by atoms with van der Waals surface area (Å²) in [5.41, 5.74) is -0.321. The van der Waals surface area contributed by atoms with Crippen molar-refractivity contribution in [3.05, 3.63) is 39.4 Å². The van der Waals surface area contributed by atoms with Gasteiger partial charge in [-0.3, -0.25) is 10.1 Å². The lowest BCUT2D eigenvalue weighted by Crippen LogP contribution is -1.97. The Morgan fingerprint density at radius 2 is 2.28 bits per heavy atom. The topological polar surface area (TPSA) is 113 Å². The summed E-state index contributed by atoms with van der Waals surface area (Å²) in [6.07, 6.45) is 1.82. The van der Waals surface area contributed by atoms with Gasteiger partial charge in [-0.1, -0.05) is 0 Å². The van der Waals surface area contributed by atoms with Gasteiger partial charge in [0, 0.05) is 12.1 Å². The van der Waals surface area contributed by atoms with Crippen molar-refractivity contribution in [2.24, 2.45) is 0 Å². The molecule has 0 aliphatic heterocycles. The Hall–Kier alpha value is -2.88. The fraction of sp³-hybridized carbons (Fsp3) is 0.0909. The van der Waals surface area contributed by atoms with Gasteiger partial charge in [0.15, 0.2) is 0 Å². The minimum Gasteiger partial charge on any atom is -0.496 e. The Morgan fingerprint density at radius 3 is 2.72 bits per heavy atom. The maximum Gasteiger partial charge on any atom is 0.328 e. The maximum absolute atomic E-state index is 10.9. The van der Waals surface area contributed by atoms with Crippen LogP contribution in [0.4, 0.5) is 5.69 Å². The average molecular weight is 248 g/mol. The number of rotatable bonds is 4. The number of benzene rings is 1. The molecule has 0 fully saturated rings. The van der Waals surface area contributed by atoms with Crippen molar-refractivity contribution < 1.29 is 19.6 Å². The SMILES string of the molecule is COc1cc(C#N)cc([N+](=O)[O-])c1/C=C/C(=O)O. The molecule has 0 atom stereocenters. The standard InChI is InChI=1S/C11H8N2O5/c1-18-10-5-7(6-12)4-9(13(16)17)8(10)2-3-11(14)15/h2-5H,1H3,(H,14,15)/b3-2+. The Bertz CT molecular complexity index is 572. The minimum absolute atomic E-state index is 0.00361. The lowest BCUT2D eigenvalue weighted by molar-refractivity contribution is -0.385. The number of carboxylic acids is 1. The summed E-state index contributed by atoms with van der Waals surface area (Å²) < 4.78 is 4.91. The molecule has 0 aliphatic rings. The van der Waals surface area contributed by atoms with E-state index in [0.29, 0.717) is 0 Å². The van der Waals surface area contributed by atoms with Crippen LogP contribution in [0.25, 0.3) is 6.08 Å². The third kappa shape index (κ3) is 2.82. The van der Waals surface area contributed by atoms with Crippen LogP contribution in [0.2, 0.25) is 0 Å². The van der Waals surface area contributed by atoms with Gasteiger partial charge in [-0.25, -0.2) is 4.79 Å². The summed E-state index contributed by atoms with van der Waals surface area (Å²) in [4.78, 5) is 20.6. The molecule has 18 heavy (non-hydrogen) atoms. The number of aliphatic carboxylic acids is 1. The molecule has 0 radical (unpaired) electrons. The molecular weight excluding hydrogens is 240 g/mol. The zero-order valence-electron chi connectivity index (χ0n) is 9.28. The molecule has 0 saturated carbocycles. The molecular formula is C11H8N2O5. The van der Waals surface area contributed by atoms with Crippen molar-refractivity contribution in [3.8, 4) is 11.8 Å². The van der Waals surface area contributed by atoms with Gasteiger partial charge in [-0.2, -0.15) is 5.26 Å². The van der Waals surface area contributed by atoms with Crippen LogP contribution in [0.1, 0.15) is 11.1 Å². The first kappa shape index (κ1) is 13.2. The van der Waals surface area contributed by atoms with Crippen LogP contribution in [0.5, 0.6) is 5.75 Å². The normalized spacial score (nSPS) is 10.0. The Morgan fingerprint density at radius 1 is 1.61 bits per heavy atom. The van der Waals surface area contributed by atoms with Gasteiger partial charge < -0.3 is 9.84 Å². The number of nitro groups is 1. The molecule has 7 nitrogen and oxygen atoms in total. The van der Waals surface area contributed by atoms with Gasteiger partial charge in [-0.15, -0.1) is 0 Å². The van der Waals surface area contributed by atoms with E-state index in [9.17, 15) is 14.9 Å². The minimum atomic E-state index is -1.24. The number of nitriles is 1. The Labute approximate surface area is 102 Å². The predicted octanol–water partition coefficient (Wildman–Crippen LogP) is 1.57. The first-order chi connectivity index (χ1) is 8.49. The monoisotopic (exact) mass is 248 g/mol. The number of methoxy groups -OCH3 is 1. The zero-order valence-corrected chi connectivity index (χ0v) is 9.28. The highest BCUT2D eigenvalue weighted by Crippen LogP contribution is 2.31. The highest BCUT2D eigenvalue weighted by Gasteiger charge is 2.18. The van der Waals surface area contributed by atoms with Crippen molar-refractivity contribution in [2.75, 3.05) is 7.11 Å². The summed E-state index contributed by atoms with van der Waals surface area (Å²) in [7, 11) is 1.28. The van der Waals surface area contributed by atoms with Crippen LogP contribution < -0.4 is 4.74 Å². The van der Waals surface area contributed by atoms with Gasteiger partial charge in [-0.05, 0) is 12.1 Å². The first-order valence-electron chi connectivity index (χ1n) is 4.67. The van der Waals surface area contributed by atoms with Crippen molar-refractivity contribution in [1.29, 1.82) is 5.26 Å². The Kier molecular flexibility index (Phi) is 3.99. The third-order valence-corrected chi connectivity index (χ3v) is 2.06. The lowest BCUT2D eigenvalue weighted by Gasteiger charge is -2.05. The van der Waals surface area contributed by atoms with E-state index in [1.165, 1.54) is 13.2 Å². The van der Waals surface area contributed by atoms with Crippen LogP contribution in [0.15, 0.2) is 18.2 Å². The maximum atomic E-state index is 10.9. The fourth-order valence-corrected chi connectivity index (χ4v) is 1.32. The number of nitrogens with zero attached hydrogens (tertiary/aromatic N) is 2. The Balaban J connectivity index is 3.50. The molecule has 0 heterocycles. The van der Waals surface area contributed by atoms with E-state index in [4.69, 9.17) is 15.1 Å². The van der Waals surface area contributed by atoms with Crippen LogP contribution in [0, 0.1) is 21.4 Å². The molecule has 0 bridgehead atoms. The van der Waals surface area contributed by atoms with Crippen molar-refractivity contribution >= 4 is 17.7 Å². The highest BCUT2D eigenvalue weighted by molar-refractivity contribution is 5.87. The van der Waals surface area contributed by atoms with Crippen molar-refractivity contribution in [3.63, 3.8) is 0 Å². The summed E-state index contributed by atoms with van der Waals surface area (Å²) in [5.74, 6) is -1.17. The average Bonchev–Trinajstić information content (AvgIpc) is 2.34. The fourth-order valence-electron chi connectivity index (χ4n) is 1.32. The summed E-state index contributed by atoms with van der Waals surface area (Å²) in [6.45, 7) is 0. The van der Waals surface area contributed by atoms with E-state index in [0.717, 1.165) is 18.2 Å². The highest BCUT2D eigenvalue weighted by atomic mass is 16.6. The van der Waals surface area contributed by atoms with Gasteiger partial charge in [0.05, 0.1) is 29.2 Å². The quantitative estimate of drug-likeness (QED) is 0.491. The van der Waals surface area contributed by atoms with E-state index >= 15 is 0 Å². The molecule has 92 valence electrons. The second-order valence-electron chi connectivity index (χ2n) is 3.15. The smallest absolute Gasteiger partial charge is 0.328 e. The number of ether oxygens (including phenoxy) is 1. The second-order valence-corrected chi connectivity index (χ2v) is 3.15. The number of hydrogen-bond acceptors (Lipinski definition) is 5. The van der Waals surface area contributed by atoms with E-state index < -0.39 is 10.9 Å². The van der Waals surface area contributed by atoms with Crippen molar-refractivity contribution in [2.45, 2.75) is 0 Å². The lowest BCUT2D eigenvalue weighted by atomic mass is 10.1.